The van der Waals surface area contributed by atoms with Crippen LogP contribution < -0.4 is 0 Å². The van der Waals surface area contributed by atoms with Crippen molar-refractivity contribution in [2.75, 3.05) is 7.11 Å². The van der Waals surface area contributed by atoms with E-state index in [1.807, 2.05) is 13.8 Å². The van der Waals surface area contributed by atoms with Crippen molar-refractivity contribution in [3.63, 3.8) is 0 Å². The maximum absolute atomic E-state index is 11.4. The summed E-state index contributed by atoms with van der Waals surface area (Å²) in [4.78, 5) is 11.4. The highest BCUT2D eigenvalue weighted by molar-refractivity contribution is 5.86. The van der Waals surface area contributed by atoms with Crippen LogP contribution >= 0.6 is 0 Å². The fourth-order valence-electron chi connectivity index (χ4n) is 2.72. The lowest BCUT2D eigenvalue weighted by Crippen LogP contribution is -2.44. The SMILES string of the molecule is COC(=O)c1ccc(C2(O)CCCCC2(C)C)o1. The molecule has 2 rings (SSSR count). The molecule has 1 aromatic heterocycles. The second-order valence-corrected chi connectivity index (χ2v) is 5.61. The third-order valence-electron chi connectivity index (χ3n) is 4.11. The smallest absolute Gasteiger partial charge is 0.373 e. The molecule has 100 valence electrons. The Kier molecular flexibility index (Phi) is 3.23. The number of carbonyl (C=O) groups excluding carboxylic acids is 1. The first-order chi connectivity index (χ1) is 8.40. The summed E-state index contributed by atoms with van der Waals surface area (Å²) in [7, 11) is 1.31. The summed E-state index contributed by atoms with van der Waals surface area (Å²) in [5.74, 6) is 0.0911. The highest BCUT2D eigenvalue weighted by Gasteiger charge is 2.48. The van der Waals surface area contributed by atoms with Gasteiger partial charge in [-0.3, -0.25) is 0 Å². The van der Waals surface area contributed by atoms with Crippen molar-refractivity contribution in [3.8, 4) is 0 Å². The van der Waals surface area contributed by atoms with E-state index in [1.165, 1.54) is 7.11 Å². The Labute approximate surface area is 107 Å². The molecule has 1 fully saturated rings. The minimum absolute atomic E-state index is 0.141. The van der Waals surface area contributed by atoms with Crippen molar-refractivity contribution in [1.82, 2.24) is 0 Å². The molecule has 1 atom stereocenters. The molecule has 1 aliphatic rings. The van der Waals surface area contributed by atoms with Gasteiger partial charge < -0.3 is 14.3 Å². The first kappa shape index (κ1) is 13.1. The maximum atomic E-state index is 11.4. The molecular weight excluding hydrogens is 232 g/mol. The molecule has 0 spiro atoms. The number of methoxy groups -OCH3 is 1. The lowest BCUT2D eigenvalue weighted by Gasteiger charge is -2.45. The van der Waals surface area contributed by atoms with Crippen molar-refractivity contribution in [2.24, 2.45) is 5.41 Å². The van der Waals surface area contributed by atoms with Crippen molar-refractivity contribution in [2.45, 2.75) is 45.1 Å². The Morgan fingerprint density at radius 3 is 2.61 bits per heavy atom. The van der Waals surface area contributed by atoms with Crippen molar-refractivity contribution in [3.05, 3.63) is 23.7 Å². The Morgan fingerprint density at radius 1 is 1.33 bits per heavy atom. The number of esters is 1. The van der Waals surface area contributed by atoms with Gasteiger partial charge in [0.25, 0.3) is 0 Å². The third kappa shape index (κ3) is 1.94. The summed E-state index contributed by atoms with van der Waals surface area (Å²) in [6, 6.07) is 3.24. The van der Waals surface area contributed by atoms with Crippen molar-refractivity contribution >= 4 is 5.97 Å². The topological polar surface area (TPSA) is 59.7 Å². The van der Waals surface area contributed by atoms with Crippen molar-refractivity contribution in [1.29, 1.82) is 0 Å². The van der Waals surface area contributed by atoms with E-state index in [0.717, 1.165) is 19.3 Å². The number of hydrogen-bond acceptors (Lipinski definition) is 4. The lowest BCUT2D eigenvalue weighted by molar-refractivity contribution is -0.118. The summed E-state index contributed by atoms with van der Waals surface area (Å²) < 4.78 is 10.1. The van der Waals surface area contributed by atoms with E-state index in [0.29, 0.717) is 12.2 Å². The molecular formula is C14H20O4. The quantitative estimate of drug-likeness (QED) is 0.822. The second-order valence-electron chi connectivity index (χ2n) is 5.61. The van der Waals surface area contributed by atoms with Gasteiger partial charge in [0.2, 0.25) is 5.76 Å². The van der Waals surface area contributed by atoms with Crippen LogP contribution in [0.5, 0.6) is 0 Å². The predicted molar refractivity (Wildman–Crippen MR) is 66.2 cm³/mol. The van der Waals surface area contributed by atoms with Crippen LogP contribution in [0.4, 0.5) is 0 Å². The van der Waals surface area contributed by atoms with E-state index in [2.05, 4.69) is 4.74 Å². The molecule has 1 heterocycles. The van der Waals surface area contributed by atoms with Gasteiger partial charge in [-0.05, 0) is 25.0 Å². The van der Waals surface area contributed by atoms with Gasteiger partial charge in [0.1, 0.15) is 11.4 Å². The Bertz CT molecular complexity index is 446. The molecule has 1 aliphatic carbocycles. The van der Waals surface area contributed by atoms with E-state index in [-0.39, 0.29) is 11.2 Å². The zero-order chi connectivity index (χ0) is 13.4. The van der Waals surface area contributed by atoms with Crippen LogP contribution in [-0.4, -0.2) is 18.2 Å². The van der Waals surface area contributed by atoms with Gasteiger partial charge in [-0.25, -0.2) is 4.79 Å². The number of hydrogen-bond donors (Lipinski definition) is 1. The minimum Gasteiger partial charge on any atom is -0.463 e. The summed E-state index contributed by atoms with van der Waals surface area (Å²) in [5, 5.41) is 10.9. The largest absolute Gasteiger partial charge is 0.463 e. The summed E-state index contributed by atoms with van der Waals surface area (Å²) in [6.45, 7) is 4.07. The standard InChI is InChI=1S/C14H20O4/c1-13(2)8-4-5-9-14(13,16)11-7-6-10(18-11)12(15)17-3/h6-7,16H,4-5,8-9H2,1-3H3. The molecule has 1 unspecified atom stereocenters. The zero-order valence-corrected chi connectivity index (χ0v) is 11.2. The third-order valence-corrected chi connectivity index (χ3v) is 4.11. The normalized spacial score (nSPS) is 26.9. The maximum Gasteiger partial charge on any atom is 0.373 e. The number of ether oxygens (including phenoxy) is 1. The molecule has 1 aromatic rings. The highest BCUT2D eigenvalue weighted by Crippen LogP contribution is 2.50. The molecule has 0 bridgehead atoms. The fraction of sp³-hybridized carbons (Fsp3) is 0.643. The molecule has 1 saturated carbocycles. The van der Waals surface area contributed by atoms with E-state index < -0.39 is 11.6 Å². The summed E-state index contributed by atoms with van der Waals surface area (Å²) in [6.07, 6.45) is 3.68. The van der Waals surface area contributed by atoms with E-state index in [1.54, 1.807) is 12.1 Å². The van der Waals surface area contributed by atoms with Gasteiger partial charge in [-0.2, -0.15) is 0 Å². The monoisotopic (exact) mass is 252 g/mol. The molecule has 4 heteroatoms. The lowest BCUT2D eigenvalue weighted by atomic mass is 9.64. The van der Waals surface area contributed by atoms with Gasteiger partial charge in [0, 0.05) is 5.41 Å². The Hall–Kier alpha value is -1.29. The molecule has 0 amide bonds. The van der Waals surface area contributed by atoms with Crippen LogP contribution in [0.3, 0.4) is 0 Å². The average Bonchev–Trinajstić information content (AvgIpc) is 2.82. The zero-order valence-electron chi connectivity index (χ0n) is 11.2. The van der Waals surface area contributed by atoms with Gasteiger partial charge in [0.15, 0.2) is 0 Å². The molecule has 18 heavy (non-hydrogen) atoms. The Balaban J connectivity index is 2.34. The fourth-order valence-corrected chi connectivity index (χ4v) is 2.72. The van der Waals surface area contributed by atoms with E-state index in [9.17, 15) is 9.90 Å². The van der Waals surface area contributed by atoms with Gasteiger partial charge in [0.05, 0.1) is 7.11 Å². The first-order valence-electron chi connectivity index (χ1n) is 6.32. The van der Waals surface area contributed by atoms with Crippen molar-refractivity contribution < 1.29 is 19.1 Å². The summed E-state index contributed by atoms with van der Waals surface area (Å²) in [5.41, 5.74) is -1.26. The summed E-state index contributed by atoms with van der Waals surface area (Å²) >= 11 is 0. The molecule has 0 radical (unpaired) electrons. The first-order valence-corrected chi connectivity index (χ1v) is 6.32. The van der Waals surface area contributed by atoms with Crippen LogP contribution in [-0.2, 0) is 10.3 Å². The molecule has 0 aromatic carbocycles. The van der Waals surface area contributed by atoms with E-state index >= 15 is 0 Å². The highest BCUT2D eigenvalue weighted by atomic mass is 16.5. The van der Waals surface area contributed by atoms with Crippen LogP contribution in [0.25, 0.3) is 0 Å². The van der Waals surface area contributed by atoms with Crippen LogP contribution in [0, 0.1) is 5.41 Å². The van der Waals surface area contributed by atoms with Crippen LogP contribution in [0.1, 0.15) is 55.8 Å². The minimum atomic E-state index is -1.00. The number of rotatable bonds is 2. The number of aliphatic hydroxyl groups is 1. The van der Waals surface area contributed by atoms with Gasteiger partial charge >= 0.3 is 5.97 Å². The van der Waals surface area contributed by atoms with E-state index in [4.69, 9.17) is 4.42 Å². The average molecular weight is 252 g/mol. The molecule has 4 nitrogen and oxygen atoms in total. The molecule has 0 aliphatic heterocycles. The second kappa shape index (κ2) is 4.43. The number of furan rings is 1. The Morgan fingerprint density at radius 2 is 2.00 bits per heavy atom. The number of carbonyl (C=O) groups is 1. The predicted octanol–water partition coefficient (Wildman–Crippen LogP) is 2.85. The molecule has 0 saturated heterocycles. The van der Waals surface area contributed by atoms with Crippen LogP contribution in [0.15, 0.2) is 16.5 Å². The van der Waals surface area contributed by atoms with Gasteiger partial charge in [-0.1, -0.05) is 26.7 Å². The van der Waals surface area contributed by atoms with Gasteiger partial charge in [-0.15, -0.1) is 0 Å². The van der Waals surface area contributed by atoms with Crippen LogP contribution in [0.2, 0.25) is 0 Å². The molecule has 1 N–H and O–H groups in total.